The van der Waals surface area contributed by atoms with Crippen LogP contribution in [0.5, 0.6) is 0 Å². The van der Waals surface area contributed by atoms with Crippen molar-refractivity contribution in [3.8, 4) is 0 Å². The van der Waals surface area contributed by atoms with Gasteiger partial charge >= 0.3 is 0 Å². The lowest BCUT2D eigenvalue weighted by atomic mass is 10.1. The highest BCUT2D eigenvalue weighted by molar-refractivity contribution is 5.79. The van der Waals surface area contributed by atoms with E-state index < -0.39 is 0 Å². The molecular weight excluding hydrogens is 254 g/mol. The quantitative estimate of drug-likeness (QED) is 0.931. The molecule has 1 saturated heterocycles. The first kappa shape index (κ1) is 13.2. The van der Waals surface area contributed by atoms with Crippen molar-refractivity contribution in [2.75, 3.05) is 13.2 Å². The van der Waals surface area contributed by atoms with Crippen molar-refractivity contribution in [3.05, 3.63) is 36.1 Å². The molecule has 1 aliphatic heterocycles. The molecule has 2 atom stereocenters. The third kappa shape index (κ3) is 2.85. The van der Waals surface area contributed by atoms with Gasteiger partial charge in [0.1, 0.15) is 11.3 Å². The number of carbonyl (C=O) groups is 1. The van der Waals surface area contributed by atoms with Crippen molar-refractivity contribution in [3.63, 3.8) is 0 Å². The van der Waals surface area contributed by atoms with Crippen LogP contribution in [0.1, 0.15) is 19.1 Å². The number of hydrogen-bond donors (Lipinski definition) is 1. The Hall–Kier alpha value is -1.81. The van der Waals surface area contributed by atoms with Gasteiger partial charge in [0.15, 0.2) is 0 Å². The lowest BCUT2D eigenvalue weighted by Gasteiger charge is -2.15. The molecule has 4 heteroatoms. The van der Waals surface area contributed by atoms with Gasteiger partial charge in [-0.1, -0.05) is 18.2 Å². The average molecular weight is 273 g/mol. The molecule has 2 heterocycles. The largest absolute Gasteiger partial charge is 0.461 e. The smallest absolute Gasteiger partial charge is 0.225 e. The van der Waals surface area contributed by atoms with E-state index in [9.17, 15) is 4.79 Å². The van der Waals surface area contributed by atoms with Crippen LogP contribution in [0.2, 0.25) is 0 Å². The number of hydrogen-bond acceptors (Lipinski definition) is 3. The van der Waals surface area contributed by atoms with Gasteiger partial charge in [0, 0.05) is 24.5 Å². The number of amides is 1. The molecule has 0 saturated carbocycles. The van der Waals surface area contributed by atoms with E-state index in [0.29, 0.717) is 19.6 Å². The Labute approximate surface area is 118 Å². The molecule has 0 aliphatic carbocycles. The third-order valence-electron chi connectivity index (χ3n) is 3.67. The molecule has 2 aromatic rings. The predicted octanol–water partition coefficient (Wildman–Crippen LogP) is 2.52. The molecule has 0 radical (unpaired) electrons. The average Bonchev–Trinajstić information content (AvgIpc) is 3.07. The van der Waals surface area contributed by atoms with Gasteiger partial charge in [0.25, 0.3) is 0 Å². The van der Waals surface area contributed by atoms with Gasteiger partial charge in [-0.05, 0) is 25.5 Å². The van der Waals surface area contributed by atoms with Crippen LogP contribution in [-0.4, -0.2) is 25.2 Å². The molecule has 0 spiro atoms. The topological polar surface area (TPSA) is 51.5 Å². The lowest BCUT2D eigenvalue weighted by Crippen LogP contribution is -2.38. The molecule has 3 rings (SSSR count). The summed E-state index contributed by atoms with van der Waals surface area (Å²) in [6.45, 7) is 3.24. The standard InChI is InChI=1S/C16H19NO3/c1-11(17-16(18)13-6-7-19-10-13)8-14-9-12-4-2-3-5-15(12)20-14/h2-5,9,11,13H,6-8,10H2,1H3,(H,17,18). The van der Waals surface area contributed by atoms with E-state index >= 15 is 0 Å². The van der Waals surface area contributed by atoms with E-state index in [1.54, 1.807) is 0 Å². The number of benzene rings is 1. The number of nitrogens with one attached hydrogen (secondary N) is 1. The Kier molecular flexibility index (Phi) is 3.74. The molecule has 1 N–H and O–H groups in total. The molecule has 1 fully saturated rings. The summed E-state index contributed by atoms with van der Waals surface area (Å²) in [5.74, 6) is 1.00. The molecule has 1 aromatic carbocycles. The number of carbonyl (C=O) groups excluding carboxylic acids is 1. The molecule has 0 bridgehead atoms. The maximum atomic E-state index is 12.0. The Balaban J connectivity index is 1.60. The zero-order chi connectivity index (χ0) is 13.9. The van der Waals surface area contributed by atoms with E-state index in [2.05, 4.69) is 5.32 Å². The number of fused-ring (bicyclic) bond motifs is 1. The fraction of sp³-hybridized carbons (Fsp3) is 0.438. The van der Waals surface area contributed by atoms with E-state index in [4.69, 9.17) is 9.15 Å². The molecule has 106 valence electrons. The molecule has 20 heavy (non-hydrogen) atoms. The second-order valence-corrected chi connectivity index (χ2v) is 5.42. The molecule has 1 aromatic heterocycles. The van der Waals surface area contributed by atoms with Crippen LogP contribution in [-0.2, 0) is 16.0 Å². The van der Waals surface area contributed by atoms with Crippen LogP contribution in [0.25, 0.3) is 11.0 Å². The summed E-state index contributed by atoms with van der Waals surface area (Å²) in [6, 6.07) is 10.0. The van der Waals surface area contributed by atoms with Gasteiger partial charge in [-0.2, -0.15) is 0 Å². The van der Waals surface area contributed by atoms with Gasteiger partial charge in [0.2, 0.25) is 5.91 Å². The summed E-state index contributed by atoms with van der Waals surface area (Å²) in [5, 5.41) is 4.14. The fourth-order valence-corrected chi connectivity index (χ4v) is 2.59. The normalized spacial score (nSPS) is 20.1. The number of rotatable bonds is 4. The second kappa shape index (κ2) is 5.67. The summed E-state index contributed by atoms with van der Waals surface area (Å²) in [4.78, 5) is 12.0. The first-order valence-electron chi connectivity index (χ1n) is 7.08. The first-order chi connectivity index (χ1) is 9.72. The minimum absolute atomic E-state index is 0.00752. The minimum atomic E-state index is 0.00752. The van der Waals surface area contributed by atoms with E-state index in [-0.39, 0.29) is 17.9 Å². The predicted molar refractivity (Wildman–Crippen MR) is 76.4 cm³/mol. The molecule has 1 aliphatic rings. The van der Waals surface area contributed by atoms with Crippen molar-refractivity contribution < 1.29 is 13.9 Å². The van der Waals surface area contributed by atoms with Gasteiger partial charge in [-0.15, -0.1) is 0 Å². The number of ether oxygens (including phenoxy) is 1. The monoisotopic (exact) mass is 273 g/mol. The maximum Gasteiger partial charge on any atom is 0.225 e. The SMILES string of the molecule is CC(Cc1cc2ccccc2o1)NC(=O)C1CCOC1. The Morgan fingerprint density at radius 1 is 1.45 bits per heavy atom. The van der Waals surface area contributed by atoms with Gasteiger partial charge in [-0.25, -0.2) is 0 Å². The van der Waals surface area contributed by atoms with Crippen LogP contribution in [0.3, 0.4) is 0 Å². The minimum Gasteiger partial charge on any atom is -0.461 e. The van der Waals surface area contributed by atoms with E-state index in [0.717, 1.165) is 23.2 Å². The highest BCUT2D eigenvalue weighted by atomic mass is 16.5. The van der Waals surface area contributed by atoms with Crippen molar-refractivity contribution >= 4 is 16.9 Å². The van der Waals surface area contributed by atoms with E-state index in [1.165, 1.54) is 0 Å². The summed E-state index contributed by atoms with van der Waals surface area (Å²) < 4.78 is 11.0. The zero-order valence-corrected chi connectivity index (χ0v) is 11.6. The van der Waals surface area contributed by atoms with Crippen LogP contribution < -0.4 is 5.32 Å². The fourth-order valence-electron chi connectivity index (χ4n) is 2.59. The summed E-state index contributed by atoms with van der Waals surface area (Å²) in [6.07, 6.45) is 1.52. The molecule has 4 nitrogen and oxygen atoms in total. The second-order valence-electron chi connectivity index (χ2n) is 5.42. The number of para-hydroxylation sites is 1. The first-order valence-corrected chi connectivity index (χ1v) is 7.08. The van der Waals surface area contributed by atoms with Crippen molar-refractivity contribution in [1.29, 1.82) is 0 Å². The van der Waals surface area contributed by atoms with Crippen molar-refractivity contribution in [2.24, 2.45) is 5.92 Å². The Morgan fingerprint density at radius 3 is 3.05 bits per heavy atom. The molecule has 1 amide bonds. The Morgan fingerprint density at radius 2 is 2.30 bits per heavy atom. The highest BCUT2D eigenvalue weighted by Crippen LogP contribution is 2.20. The van der Waals surface area contributed by atoms with Crippen LogP contribution in [0.15, 0.2) is 34.7 Å². The maximum absolute atomic E-state index is 12.0. The van der Waals surface area contributed by atoms with E-state index in [1.807, 2.05) is 37.3 Å². The molecule has 2 unspecified atom stereocenters. The Bertz CT molecular complexity index is 566. The lowest BCUT2D eigenvalue weighted by molar-refractivity contribution is -0.125. The van der Waals surface area contributed by atoms with Crippen LogP contribution in [0, 0.1) is 5.92 Å². The van der Waals surface area contributed by atoms with Crippen LogP contribution in [0.4, 0.5) is 0 Å². The van der Waals surface area contributed by atoms with Crippen molar-refractivity contribution in [1.82, 2.24) is 5.32 Å². The van der Waals surface area contributed by atoms with Crippen molar-refractivity contribution in [2.45, 2.75) is 25.8 Å². The van der Waals surface area contributed by atoms with Gasteiger partial charge in [0.05, 0.1) is 12.5 Å². The van der Waals surface area contributed by atoms with Crippen LogP contribution >= 0.6 is 0 Å². The van der Waals surface area contributed by atoms with Gasteiger partial charge in [-0.3, -0.25) is 4.79 Å². The summed E-state index contributed by atoms with van der Waals surface area (Å²) in [5.41, 5.74) is 0.894. The summed E-state index contributed by atoms with van der Waals surface area (Å²) >= 11 is 0. The third-order valence-corrected chi connectivity index (χ3v) is 3.67. The zero-order valence-electron chi connectivity index (χ0n) is 11.6. The highest BCUT2D eigenvalue weighted by Gasteiger charge is 2.24. The van der Waals surface area contributed by atoms with Gasteiger partial charge < -0.3 is 14.5 Å². The number of furan rings is 1. The molecular formula is C16H19NO3. The summed E-state index contributed by atoms with van der Waals surface area (Å²) in [7, 11) is 0.